The van der Waals surface area contributed by atoms with Gasteiger partial charge in [0.2, 0.25) is 0 Å². The minimum absolute atomic E-state index is 0.0571. The van der Waals surface area contributed by atoms with E-state index in [1.165, 1.54) is 0 Å². The van der Waals surface area contributed by atoms with Crippen LogP contribution in [0.4, 0.5) is 0 Å². The Labute approximate surface area is 183 Å². The second-order valence-corrected chi connectivity index (χ2v) is 8.13. The number of benzene rings is 3. The Morgan fingerprint density at radius 1 is 1.10 bits per heavy atom. The molecule has 0 saturated carbocycles. The number of ether oxygens (including phenoxy) is 1. The summed E-state index contributed by atoms with van der Waals surface area (Å²) in [6.07, 6.45) is 0.586. The molecule has 1 aliphatic heterocycles. The van der Waals surface area contributed by atoms with Crippen LogP contribution in [0.3, 0.4) is 0 Å². The fourth-order valence-electron chi connectivity index (χ4n) is 3.70. The molecule has 0 radical (unpaired) electrons. The second kappa shape index (κ2) is 8.95. The Hall–Kier alpha value is -2.74. The van der Waals surface area contributed by atoms with E-state index < -0.39 is 6.04 Å². The van der Waals surface area contributed by atoms with Gasteiger partial charge in [-0.05, 0) is 47.9 Å². The van der Waals surface area contributed by atoms with E-state index in [0.717, 1.165) is 37.8 Å². The molecule has 3 aromatic carbocycles. The van der Waals surface area contributed by atoms with E-state index in [9.17, 15) is 4.79 Å². The van der Waals surface area contributed by atoms with Crippen LogP contribution >= 0.6 is 15.9 Å². The average Bonchev–Trinajstić information content (AvgIpc) is 3.26. The summed E-state index contributed by atoms with van der Waals surface area (Å²) < 4.78 is 6.60. The Morgan fingerprint density at radius 2 is 1.87 bits per heavy atom. The van der Waals surface area contributed by atoms with Crippen molar-refractivity contribution in [3.05, 3.63) is 76.3 Å². The number of hydrogen-bond acceptors (Lipinski definition) is 5. The molecule has 3 N–H and O–H groups in total. The third kappa shape index (κ3) is 4.23. The summed E-state index contributed by atoms with van der Waals surface area (Å²) in [6.45, 7) is 1.87. The van der Waals surface area contributed by atoms with Gasteiger partial charge in [-0.25, -0.2) is 16.3 Å². The molecule has 1 fully saturated rings. The van der Waals surface area contributed by atoms with Crippen molar-refractivity contribution in [1.82, 2.24) is 16.3 Å². The van der Waals surface area contributed by atoms with Gasteiger partial charge in [0.25, 0.3) is 5.91 Å². The van der Waals surface area contributed by atoms with Crippen LogP contribution < -0.4 is 21.0 Å². The van der Waals surface area contributed by atoms with Gasteiger partial charge in [-0.2, -0.15) is 5.10 Å². The summed E-state index contributed by atoms with van der Waals surface area (Å²) in [6, 6.07) is 19.5. The molecule has 0 bridgehead atoms. The molecule has 2 atom stereocenters. The SMILES string of the molecule is COc1ccc2ccccc2c1C1CC(C(=O)N/N=C(\C)c2ccc(Br)cc2)NN1. The molecular weight excluding hydrogens is 444 g/mol. The summed E-state index contributed by atoms with van der Waals surface area (Å²) in [5.41, 5.74) is 11.8. The van der Waals surface area contributed by atoms with Gasteiger partial charge < -0.3 is 4.74 Å². The number of rotatable bonds is 5. The van der Waals surface area contributed by atoms with Gasteiger partial charge in [-0.15, -0.1) is 0 Å². The van der Waals surface area contributed by atoms with Crippen molar-refractivity contribution in [3.8, 4) is 5.75 Å². The molecule has 0 aliphatic carbocycles. The zero-order valence-electron chi connectivity index (χ0n) is 16.8. The van der Waals surface area contributed by atoms with Crippen LogP contribution in [-0.2, 0) is 4.79 Å². The molecule has 7 heteroatoms. The van der Waals surface area contributed by atoms with Crippen molar-refractivity contribution < 1.29 is 9.53 Å². The monoisotopic (exact) mass is 466 g/mol. The van der Waals surface area contributed by atoms with Crippen molar-refractivity contribution in [1.29, 1.82) is 0 Å². The first-order valence-electron chi connectivity index (χ1n) is 9.73. The van der Waals surface area contributed by atoms with E-state index in [-0.39, 0.29) is 11.9 Å². The van der Waals surface area contributed by atoms with Crippen LogP contribution in [0.25, 0.3) is 10.8 Å². The van der Waals surface area contributed by atoms with Gasteiger partial charge in [-0.1, -0.05) is 58.4 Å². The van der Waals surface area contributed by atoms with Crippen molar-refractivity contribution in [2.75, 3.05) is 7.11 Å². The lowest BCUT2D eigenvalue weighted by Gasteiger charge is -2.17. The van der Waals surface area contributed by atoms with E-state index in [4.69, 9.17) is 4.74 Å². The Balaban J connectivity index is 1.48. The number of fused-ring (bicyclic) bond motifs is 1. The Bertz CT molecular complexity index is 1100. The molecule has 3 aromatic rings. The van der Waals surface area contributed by atoms with Gasteiger partial charge in [0, 0.05) is 10.0 Å². The van der Waals surface area contributed by atoms with Crippen LogP contribution in [0.1, 0.15) is 30.5 Å². The van der Waals surface area contributed by atoms with Gasteiger partial charge >= 0.3 is 0 Å². The lowest BCUT2D eigenvalue weighted by Crippen LogP contribution is -2.41. The number of carbonyl (C=O) groups excluding carboxylic acids is 1. The first-order valence-corrected chi connectivity index (χ1v) is 10.5. The van der Waals surface area contributed by atoms with Crippen LogP contribution in [0, 0.1) is 0 Å². The number of carbonyl (C=O) groups is 1. The highest BCUT2D eigenvalue weighted by atomic mass is 79.9. The first-order chi connectivity index (χ1) is 14.6. The van der Waals surface area contributed by atoms with E-state index in [2.05, 4.69) is 49.4 Å². The smallest absolute Gasteiger partial charge is 0.258 e. The summed E-state index contributed by atoms with van der Waals surface area (Å²) in [5.74, 6) is 0.624. The molecule has 154 valence electrons. The van der Waals surface area contributed by atoms with Crippen molar-refractivity contribution >= 4 is 38.3 Å². The highest BCUT2D eigenvalue weighted by Gasteiger charge is 2.32. The molecule has 0 spiro atoms. The Morgan fingerprint density at radius 3 is 2.63 bits per heavy atom. The molecule has 4 rings (SSSR count). The quantitative estimate of drug-likeness (QED) is 0.391. The van der Waals surface area contributed by atoms with E-state index in [0.29, 0.717) is 6.42 Å². The van der Waals surface area contributed by atoms with Crippen LogP contribution in [0.5, 0.6) is 5.75 Å². The summed E-state index contributed by atoms with van der Waals surface area (Å²) in [4.78, 5) is 12.7. The molecule has 1 heterocycles. The average molecular weight is 467 g/mol. The highest BCUT2D eigenvalue weighted by molar-refractivity contribution is 9.10. The molecule has 1 amide bonds. The third-order valence-corrected chi connectivity index (χ3v) is 5.84. The minimum atomic E-state index is -0.403. The zero-order valence-corrected chi connectivity index (χ0v) is 18.4. The number of nitrogens with zero attached hydrogens (tertiary/aromatic N) is 1. The zero-order chi connectivity index (χ0) is 21.1. The first kappa shape index (κ1) is 20.5. The second-order valence-electron chi connectivity index (χ2n) is 7.21. The van der Waals surface area contributed by atoms with E-state index >= 15 is 0 Å². The summed E-state index contributed by atoms with van der Waals surface area (Å²) >= 11 is 3.42. The maximum Gasteiger partial charge on any atom is 0.258 e. The number of hydrazone groups is 1. The van der Waals surface area contributed by atoms with Crippen molar-refractivity contribution in [3.63, 3.8) is 0 Å². The summed E-state index contributed by atoms with van der Waals surface area (Å²) in [7, 11) is 1.67. The topological polar surface area (TPSA) is 74.8 Å². The maximum absolute atomic E-state index is 12.7. The largest absolute Gasteiger partial charge is 0.496 e. The lowest BCUT2D eigenvalue weighted by molar-refractivity contribution is -0.122. The molecule has 6 nitrogen and oxygen atoms in total. The predicted molar refractivity (Wildman–Crippen MR) is 122 cm³/mol. The van der Waals surface area contributed by atoms with Crippen molar-refractivity contribution in [2.45, 2.75) is 25.4 Å². The van der Waals surface area contributed by atoms with E-state index in [1.54, 1.807) is 7.11 Å². The molecular formula is C23H23BrN4O2. The van der Waals surface area contributed by atoms with Crippen LogP contribution in [0.2, 0.25) is 0 Å². The highest BCUT2D eigenvalue weighted by Crippen LogP contribution is 2.36. The minimum Gasteiger partial charge on any atom is -0.496 e. The molecule has 30 heavy (non-hydrogen) atoms. The van der Waals surface area contributed by atoms with Crippen LogP contribution in [0.15, 0.2) is 70.2 Å². The van der Waals surface area contributed by atoms with Gasteiger partial charge in [-0.3, -0.25) is 4.79 Å². The van der Waals surface area contributed by atoms with Gasteiger partial charge in [0.15, 0.2) is 0 Å². The summed E-state index contributed by atoms with van der Waals surface area (Å²) in [5, 5.41) is 6.51. The number of methoxy groups -OCH3 is 1. The predicted octanol–water partition coefficient (Wildman–Crippen LogP) is 4.06. The lowest BCUT2D eigenvalue weighted by atomic mass is 9.95. The fourth-order valence-corrected chi connectivity index (χ4v) is 3.97. The fraction of sp³-hybridized carbons (Fsp3) is 0.217. The van der Waals surface area contributed by atoms with E-state index in [1.807, 2.05) is 55.5 Å². The van der Waals surface area contributed by atoms with Gasteiger partial charge in [0.1, 0.15) is 11.8 Å². The normalized spacial score (nSPS) is 19.1. The molecule has 1 saturated heterocycles. The number of hydrazine groups is 1. The number of amides is 1. The molecule has 0 aromatic heterocycles. The number of hydrogen-bond donors (Lipinski definition) is 3. The van der Waals surface area contributed by atoms with Gasteiger partial charge in [0.05, 0.1) is 18.9 Å². The third-order valence-electron chi connectivity index (χ3n) is 5.31. The standard InChI is InChI=1S/C23H23BrN4O2/c1-14(15-7-10-17(24)11-8-15)25-28-23(29)20-13-19(26-27-20)22-18-6-4-3-5-16(18)9-12-21(22)30-2/h3-12,19-20,26-27H,13H2,1-2H3,(H,28,29)/b25-14+. The number of nitrogens with one attached hydrogen (secondary N) is 3. The van der Waals surface area contributed by atoms with Crippen molar-refractivity contribution in [2.24, 2.45) is 5.10 Å². The number of halogens is 1. The maximum atomic E-state index is 12.7. The van der Waals surface area contributed by atoms with Crippen LogP contribution in [-0.4, -0.2) is 24.8 Å². The Kier molecular flexibility index (Phi) is 6.13. The molecule has 1 aliphatic rings. The molecule has 2 unspecified atom stereocenters.